The van der Waals surface area contributed by atoms with Crippen LogP contribution in [0, 0.1) is 0 Å². The van der Waals surface area contributed by atoms with Crippen molar-refractivity contribution in [2.45, 2.75) is 0 Å². The fraction of sp³-hybridized carbons (Fsp3) is 0. The Labute approximate surface area is 166 Å². The maximum absolute atomic E-state index is 5.79. The van der Waals surface area contributed by atoms with E-state index in [0.717, 1.165) is 22.6 Å². The number of aromatic nitrogens is 5. The van der Waals surface area contributed by atoms with E-state index in [1.165, 1.54) is 0 Å². The zero-order valence-electron chi connectivity index (χ0n) is 15.3. The first-order chi connectivity index (χ1) is 14.4. The Morgan fingerprint density at radius 1 is 0.828 bits per heavy atom. The van der Waals surface area contributed by atoms with Crippen LogP contribution in [0.2, 0.25) is 0 Å². The Morgan fingerprint density at radius 3 is 2.38 bits per heavy atom. The van der Waals surface area contributed by atoms with Crippen LogP contribution in [0.1, 0.15) is 0 Å². The third kappa shape index (κ3) is 3.49. The van der Waals surface area contributed by atoms with Crippen molar-refractivity contribution in [3.8, 4) is 28.5 Å². The average Bonchev–Trinajstić information content (AvgIpc) is 3.43. The molecule has 3 aromatic heterocycles. The molecule has 5 rings (SSSR count). The summed E-state index contributed by atoms with van der Waals surface area (Å²) in [6.45, 7) is 0. The minimum atomic E-state index is 0.309. The van der Waals surface area contributed by atoms with Gasteiger partial charge in [0.25, 0.3) is 5.89 Å². The van der Waals surface area contributed by atoms with Crippen molar-refractivity contribution in [3.05, 3.63) is 91.3 Å². The summed E-state index contributed by atoms with van der Waals surface area (Å²) < 4.78 is 7.64. The number of hydrogen-bond donors (Lipinski definition) is 1. The highest BCUT2D eigenvalue weighted by molar-refractivity contribution is 5.67. The smallest absolute Gasteiger partial charge is 0.320 e. The minimum absolute atomic E-state index is 0.309. The molecular formula is C22H16N6O. The molecule has 0 saturated heterocycles. The zero-order valence-corrected chi connectivity index (χ0v) is 15.3. The summed E-state index contributed by atoms with van der Waals surface area (Å²) in [6, 6.07) is 25.7. The van der Waals surface area contributed by atoms with Gasteiger partial charge in [-0.1, -0.05) is 41.5 Å². The van der Waals surface area contributed by atoms with Crippen LogP contribution in [-0.4, -0.2) is 25.0 Å². The molecule has 5 aromatic rings. The molecule has 29 heavy (non-hydrogen) atoms. The van der Waals surface area contributed by atoms with E-state index in [0.29, 0.717) is 17.6 Å². The lowest BCUT2D eigenvalue weighted by Crippen LogP contribution is -1.99. The summed E-state index contributed by atoms with van der Waals surface area (Å²) in [4.78, 5) is 4.23. The molecule has 1 N–H and O–H groups in total. The molecule has 0 amide bonds. The van der Waals surface area contributed by atoms with Crippen molar-refractivity contribution in [3.63, 3.8) is 0 Å². The maximum atomic E-state index is 5.79. The van der Waals surface area contributed by atoms with Gasteiger partial charge in [0, 0.05) is 23.6 Å². The number of anilines is 2. The van der Waals surface area contributed by atoms with Gasteiger partial charge in [-0.05, 0) is 42.5 Å². The van der Waals surface area contributed by atoms with E-state index in [1.807, 2.05) is 83.5 Å². The second-order valence-corrected chi connectivity index (χ2v) is 6.31. The zero-order chi connectivity index (χ0) is 19.5. The summed E-state index contributed by atoms with van der Waals surface area (Å²) in [5, 5.41) is 16.0. The van der Waals surface area contributed by atoms with E-state index >= 15 is 0 Å². The Kier molecular flexibility index (Phi) is 4.31. The topological polar surface area (TPSA) is 81.7 Å². The van der Waals surface area contributed by atoms with Gasteiger partial charge >= 0.3 is 6.01 Å². The molecule has 0 aliphatic carbocycles. The second-order valence-electron chi connectivity index (χ2n) is 6.31. The number of nitrogens with zero attached hydrogens (tertiary/aromatic N) is 5. The third-order valence-electron chi connectivity index (χ3n) is 4.34. The van der Waals surface area contributed by atoms with Gasteiger partial charge in [0.15, 0.2) is 5.69 Å². The van der Waals surface area contributed by atoms with Crippen LogP contribution >= 0.6 is 0 Å². The van der Waals surface area contributed by atoms with Gasteiger partial charge in [0.1, 0.15) is 0 Å². The molecule has 0 bridgehead atoms. The number of hydrogen-bond acceptors (Lipinski definition) is 6. The van der Waals surface area contributed by atoms with E-state index in [-0.39, 0.29) is 0 Å². The van der Waals surface area contributed by atoms with Crippen molar-refractivity contribution in [1.82, 2.24) is 25.0 Å². The Morgan fingerprint density at radius 2 is 1.62 bits per heavy atom. The monoisotopic (exact) mass is 380 g/mol. The predicted octanol–water partition coefficient (Wildman–Crippen LogP) is 4.73. The number of para-hydroxylation sites is 2. The minimum Gasteiger partial charge on any atom is -0.401 e. The lowest BCUT2D eigenvalue weighted by Gasteiger charge is -2.06. The van der Waals surface area contributed by atoms with Gasteiger partial charge in [0.2, 0.25) is 0 Å². The Bertz CT molecular complexity index is 1160. The highest BCUT2D eigenvalue weighted by atomic mass is 16.4. The van der Waals surface area contributed by atoms with Crippen LogP contribution in [-0.2, 0) is 0 Å². The molecule has 0 atom stereocenters. The molecule has 7 heteroatoms. The van der Waals surface area contributed by atoms with Gasteiger partial charge < -0.3 is 9.73 Å². The largest absolute Gasteiger partial charge is 0.401 e. The first kappa shape index (κ1) is 16.9. The fourth-order valence-corrected chi connectivity index (χ4v) is 2.99. The van der Waals surface area contributed by atoms with E-state index < -0.39 is 0 Å². The average molecular weight is 380 g/mol. The molecule has 0 fully saturated rings. The van der Waals surface area contributed by atoms with E-state index in [1.54, 1.807) is 12.4 Å². The molecule has 3 heterocycles. The number of pyridine rings is 1. The highest BCUT2D eigenvalue weighted by Gasteiger charge is 2.17. The van der Waals surface area contributed by atoms with Crippen molar-refractivity contribution in [2.75, 3.05) is 5.32 Å². The van der Waals surface area contributed by atoms with E-state index in [9.17, 15) is 0 Å². The van der Waals surface area contributed by atoms with Gasteiger partial charge in [-0.3, -0.25) is 4.98 Å². The number of benzene rings is 2. The van der Waals surface area contributed by atoms with Crippen molar-refractivity contribution >= 4 is 11.7 Å². The third-order valence-corrected chi connectivity index (χ3v) is 4.34. The maximum Gasteiger partial charge on any atom is 0.320 e. The Balaban J connectivity index is 1.54. The second kappa shape index (κ2) is 7.40. The normalized spacial score (nSPS) is 10.8. The van der Waals surface area contributed by atoms with Crippen LogP contribution in [0.25, 0.3) is 28.5 Å². The van der Waals surface area contributed by atoms with Gasteiger partial charge in [0.05, 0.1) is 11.4 Å². The molecule has 2 aromatic carbocycles. The molecule has 0 saturated carbocycles. The first-order valence-electron chi connectivity index (χ1n) is 9.09. The standard InChI is InChI=1S/C22H16N6O/c1-3-9-17(10-4-1)24-22-26-25-21(29-22)19-14-20(16-8-7-13-23-15-16)28(27-19)18-11-5-2-6-12-18/h1-15H,(H,24,26). The van der Waals surface area contributed by atoms with Crippen LogP contribution in [0.4, 0.5) is 11.7 Å². The Hall–Kier alpha value is -4.26. The van der Waals surface area contributed by atoms with Crippen LogP contribution in [0.3, 0.4) is 0 Å². The number of nitrogens with one attached hydrogen (secondary N) is 1. The molecule has 0 aliphatic rings. The summed E-state index contributed by atoms with van der Waals surface area (Å²) in [6.07, 6.45) is 3.55. The molecule has 0 unspecified atom stereocenters. The summed E-state index contributed by atoms with van der Waals surface area (Å²) >= 11 is 0. The number of rotatable bonds is 5. The fourth-order valence-electron chi connectivity index (χ4n) is 2.99. The first-order valence-corrected chi connectivity index (χ1v) is 9.09. The van der Waals surface area contributed by atoms with Crippen molar-refractivity contribution in [2.24, 2.45) is 0 Å². The highest BCUT2D eigenvalue weighted by Crippen LogP contribution is 2.28. The molecular weight excluding hydrogens is 364 g/mol. The summed E-state index contributed by atoms with van der Waals surface area (Å²) in [5.41, 5.74) is 4.21. The van der Waals surface area contributed by atoms with Crippen molar-refractivity contribution in [1.29, 1.82) is 0 Å². The molecule has 7 nitrogen and oxygen atoms in total. The van der Waals surface area contributed by atoms with E-state index in [2.05, 4.69) is 20.5 Å². The van der Waals surface area contributed by atoms with Crippen LogP contribution < -0.4 is 5.32 Å². The molecule has 0 spiro atoms. The van der Waals surface area contributed by atoms with Crippen LogP contribution in [0.15, 0.2) is 95.7 Å². The summed E-state index contributed by atoms with van der Waals surface area (Å²) in [5.74, 6) is 0.336. The molecule has 0 aliphatic heterocycles. The molecule has 0 radical (unpaired) electrons. The SMILES string of the molecule is c1ccc(Nc2nnc(-c3cc(-c4cccnc4)n(-c4ccccc4)n3)o2)cc1. The van der Waals surface area contributed by atoms with Gasteiger partial charge in [-0.2, -0.15) is 5.10 Å². The lowest BCUT2D eigenvalue weighted by atomic mass is 10.2. The molecule has 140 valence electrons. The van der Waals surface area contributed by atoms with Crippen LogP contribution in [0.5, 0.6) is 0 Å². The van der Waals surface area contributed by atoms with Gasteiger partial charge in [-0.25, -0.2) is 4.68 Å². The predicted molar refractivity (Wildman–Crippen MR) is 110 cm³/mol. The lowest BCUT2D eigenvalue weighted by molar-refractivity contribution is 0.584. The van der Waals surface area contributed by atoms with Gasteiger partial charge in [-0.15, -0.1) is 5.10 Å². The quantitative estimate of drug-likeness (QED) is 0.475. The summed E-state index contributed by atoms with van der Waals surface area (Å²) in [7, 11) is 0. The van der Waals surface area contributed by atoms with Crippen molar-refractivity contribution < 1.29 is 4.42 Å². The van der Waals surface area contributed by atoms with E-state index in [4.69, 9.17) is 9.52 Å².